The van der Waals surface area contributed by atoms with Gasteiger partial charge in [-0.05, 0) is 61.4 Å². The summed E-state index contributed by atoms with van der Waals surface area (Å²) < 4.78 is 13.4. The van der Waals surface area contributed by atoms with Gasteiger partial charge < -0.3 is 25.3 Å². The monoisotopic (exact) mass is 691 g/mol. The lowest BCUT2D eigenvalue weighted by molar-refractivity contribution is -0.433. The maximum absolute atomic E-state index is 13.8. The van der Waals surface area contributed by atoms with Crippen molar-refractivity contribution in [1.29, 1.82) is 0 Å². The number of hydrogen-bond donors (Lipinski definition) is 3. The molecule has 0 aliphatic carbocycles. The van der Waals surface area contributed by atoms with Crippen LogP contribution in [0.15, 0.2) is 72.8 Å². The molecule has 0 radical (unpaired) electrons. The van der Waals surface area contributed by atoms with Gasteiger partial charge >= 0.3 is 0 Å². The van der Waals surface area contributed by atoms with Crippen LogP contribution in [-0.2, 0) is 0 Å². The summed E-state index contributed by atoms with van der Waals surface area (Å²) >= 11 is 12.6. The van der Waals surface area contributed by atoms with Gasteiger partial charge in [0.2, 0.25) is 0 Å². The highest BCUT2D eigenvalue weighted by molar-refractivity contribution is 6.31. The summed E-state index contributed by atoms with van der Waals surface area (Å²) in [5, 5.41) is 17.5. The molecule has 5 aromatic rings. The molecule has 10 nitrogen and oxygen atoms in total. The number of para-hydroxylation sites is 2. The summed E-state index contributed by atoms with van der Waals surface area (Å²) in [5.74, 6) is -0.499. The van der Waals surface area contributed by atoms with Gasteiger partial charge in [-0.15, -0.1) is 0 Å². The normalized spacial score (nSPS) is 11.1. The topological polar surface area (TPSA) is 125 Å². The van der Waals surface area contributed by atoms with Gasteiger partial charge in [0.25, 0.3) is 22.8 Å². The molecule has 1 aromatic heterocycles. The zero-order valence-electron chi connectivity index (χ0n) is 26.7. The van der Waals surface area contributed by atoms with E-state index in [9.17, 15) is 19.7 Å². The third-order valence-corrected chi connectivity index (χ3v) is 8.24. The van der Waals surface area contributed by atoms with Crippen molar-refractivity contribution in [3.8, 4) is 11.5 Å². The highest BCUT2D eigenvalue weighted by atomic mass is 35.5. The van der Waals surface area contributed by atoms with Crippen molar-refractivity contribution >= 4 is 68.5 Å². The van der Waals surface area contributed by atoms with E-state index in [2.05, 4.69) is 24.5 Å². The molecule has 48 heavy (non-hydrogen) atoms. The van der Waals surface area contributed by atoms with E-state index in [0.717, 1.165) is 43.3 Å². The zero-order chi connectivity index (χ0) is 34.2. The zero-order valence-corrected chi connectivity index (χ0v) is 28.2. The van der Waals surface area contributed by atoms with Crippen LogP contribution < -0.4 is 24.5 Å². The predicted molar refractivity (Wildman–Crippen MR) is 189 cm³/mol. The summed E-state index contributed by atoms with van der Waals surface area (Å²) in [5.41, 5.74) is 1.09. The fraction of sp³-hybridized carbons (Fsp3) is 0.278. The van der Waals surface area contributed by atoms with Gasteiger partial charge in [-0.25, -0.2) is 0 Å². The van der Waals surface area contributed by atoms with Gasteiger partial charge in [0, 0.05) is 27.1 Å². The van der Waals surface area contributed by atoms with Crippen molar-refractivity contribution in [2.24, 2.45) is 0 Å². The summed E-state index contributed by atoms with van der Waals surface area (Å²) in [7, 11) is 0. The second-order valence-electron chi connectivity index (χ2n) is 11.3. The van der Waals surface area contributed by atoms with Crippen LogP contribution in [0.2, 0.25) is 10.0 Å². The Labute approximate surface area is 287 Å². The quantitative estimate of drug-likeness (QED) is 0.0462. The van der Waals surface area contributed by atoms with E-state index in [0.29, 0.717) is 39.2 Å². The molecule has 1 heterocycles. The first kappa shape index (κ1) is 34.5. The van der Waals surface area contributed by atoms with Crippen molar-refractivity contribution in [2.75, 3.05) is 23.8 Å². The Morgan fingerprint density at radius 3 is 1.77 bits per heavy atom. The Hall–Kier alpha value is -4.80. The molecule has 5 rings (SSSR count). The fourth-order valence-electron chi connectivity index (χ4n) is 5.25. The summed E-state index contributed by atoms with van der Waals surface area (Å²) in [4.78, 5) is 41.2. The minimum Gasteiger partial charge on any atom is -0.493 e. The molecule has 0 aliphatic heterocycles. The molecule has 3 N–H and O–H groups in total. The van der Waals surface area contributed by atoms with Crippen molar-refractivity contribution in [1.82, 2.24) is 4.73 Å². The van der Waals surface area contributed by atoms with Crippen LogP contribution in [0.4, 0.5) is 11.4 Å². The molecule has 12 heteroatoms. The molecule has 0 bridgehead atoms. The van der Waals surface area contributed by atoms with E-state index in [-0.39, 0.29) is 44.6 Å². The van der Waals surface area contributed by atoms with E-state index >= 15 is 0 Å². The van der Waals surface area contributed by atoms with Crippen LogP contribution in [0.25, 0.3) is 22.1 Å². The molecule has 0 unspecified atom stereocenters. The molecule has 0 aliphatic rings. The largest absolute Gasteiger partial charge is 0.493 e. The SMILES string of the molecule is CCCCCOc1ccc(Cl)cc1C(=O)Nc1cc2c(cc1NC(=O)c1cc(Cl)ccc1OCCCCC)[n+](=O)c1ccccc1n2O. The Balaban J connectivity index is 1.58. The first-order valence-corrected chi connectivity index (χ1v) is 16.7. The van der Waals surface area contributed by atoms with Crippen LogP contribution in [0.5, 0.6) is 11.5 Å². The van der Waals surface area contributed by atoms with E-state index in [1.807, 2.05) is 0 Å². The van der Waals surface area contributed by atoms with E-state index in [1.54, 1.807) is 48.5 Å². The van der Waals surface area contributed by atoms with Crippen LogP contribution in [-0.4, -0.2) is 35.0 Å². The Morgan fingerprint density at radius 1 is 0.708 bits per heavy atom. The number of benzene rings is 4. The lowest BCUT2D eigenvalue weighted by Gasteiger charge is -2.16. The summed E-state index contributed by atoms with van der Waals surface area (Å²) in [6.07, 6.45) is 5.60. The number of carbonyl (C=O) groups excluding carboxylic acids is 2. The number of aromatic nitrogens is 2. The standard InChI is InChI=1S/C36H36Cl2N4O6/c1-3-5-9-17-47-33-15-13-23(37)19-25(33)35(43)39-27-21-31-32(42(46)30-12-8-7-11-29(30)41(31)45)22-28(27)40-36(44)26-20-24(38)14-16-34(26)48-18-10-6-4-2/h7-8,11-16,19-22,45H,3-6,9-10,17-18H2,1-2H3,(H-,39,40,43,44,46)/p+1. The van der Waals surface area contributed by atoms with Crippen molar-refractivity contribution in [2.45, 2.75) is 52.4 Å². The number of nitrogens with one attached hydrogen (secondary N) is 2. The van der Waals surface area contributed by atoms with Crippen LogP contribution in [0.3, 0.4) is 0 Å². The van der Waals surface area contributed by atoms with Gasteiger partial charge in [0.15, 0.2) is 11.0 Å². The Morgan fingerprint density at radius 2 is 1.23 bits per heavy atom. The van der Waals surface area contributed by atoms with Gasteiger partial charge in [0.05, 0.1) is 40.1 Å². The van der Waals surface area contributed by atoms with E-state index in [4.69, 9.17) is 32.7 Å². The number of nitrogens with zero attached hydrogens (tertiary/aromatic N) is 2. The number of carbonyl (C=O) groups is 2. The Kier molecular flexibility index (Phi) is 11.4. The molecular formula is C36H37Cl2N4O6+. The van der Waals surface area contributed by atoms with E-state index in [1.165, 1.54) is 24.3 Å². The van der Waals surface area contributed by atoms with Crippen molar-refractivity contribution in [3.63, 3.8) is 0 Å². The van der Waals surface area contributed by atoms with Crippen LogP contribution >= 0.6 is 23.2 Å². The maximum Gasteiger partial charge on any atom is 0.292 e. The average molecular weight is 693 g/mol. The number of halogens is 2. The summed E-state index contributed by atoms with van der Waals surface area (Å²) in [6.45, 7) is 5.00. The third kappa shape index (κ3) is 7.83. The molecule has 0 saturated carbocycles. The third-order valence-electron chi connectivity index (χ3n) is 7.77. The summed E-state index contributed by atoms with van der Waals surface area (Å²) in [6, 6.07) is 18.8. The minimum atomic E-state index is -0.587. The van der Waals surface area contributed by atoms with Crippen molar-refractivity contribution in [3.05, 3.63) is 98.9 Å². The molecule has 0 atom stereocenters. The lowest BCUT2D eigenvalue weighted by Crippen LogP contribution is -2.22. The molecular weight excluding hydrogens is 655 g/mol. The highest BCUT2D eigenvalue weighted by Crippen LogP contribution is 2.32. The molecule has 2 amide bonds. The van der Waals surface area contributed by atoms with E-state index < -0.39 is 11.8 Å². The smallest absolute Gasteiger partial charge is 0.292 e. The molecule has 0 saturated heterocycles. The van der Waals surface area contributed by atoms with Gasteiger partial charge in [-0.2, -0.15) is 4.73 Å². The number of unbranched alkanes of at least 4 members (excludes halogenated alkanes) is 4. The predicted octanol–water partition coefficient (Wildman–Crippen LogP) is 8.90. The second-order valence-corrected chi connectivity index (χ2v) is 12.2. The average Bonchev–Trinajstić information content (AvgIpc) is 3.09. The number of rotatable bonds is 14. The van der Waals surface area contributed by atoms with Crippen LogP contribution in [0, 0.1) is 4.91 Å². The highest BCUT2D eigenvalue weighted by Gasteiger charge is 2.25. The fourth-order valence-corrected chi connectivity index (χ4v) is 5.59. The maximum atomic E-state index is 13.8. The minimum absolute atomic E-state index is 0.0364. The van der Waals surface area contributed by atoms with Gasteiger partial charge in [-0.3, -0.25) is 9.59 Å². The molecule has 4 aromatic carbocycles. The number of fused-ring (bicyclic) bond motifs is 2. The van der Waals surface area contributed by atoms with Crippen molar-refractivity contribution < 1.29 is 28.7 Å². The van der Waals surface area contributed by atoms with Gasteiger partial charge in [0.1, 0.15) is 11.5 Å². The number of amides is 2. The second kappa shape index (κ2) is 15.9. The molecule has 0 spiro atoms. The number of anilines is 2. The Bertz CT molecular complexity index is 2030. The first-order valence-electron chi connectivity index (χ1n) is 15.9. The van der Waals surface area contributed by atoms with Gasteiger partial charge in [-0.1, -0.05) is 74.9 Å². The molecule has 250 valence electrons. The number of hydrogen-bond acceptors (Lipinski definition) is 6. The molecule has 0 fully saturated rings. The lowest BCUT2D eigenvalue weighted by atomic mass is 10.1. The first-order chi connectivity index (χ1) is 23.2. The number of ether oxygens (including phenoxy) is 2. The van der Waals surface area contributed by atoms with Crippen LogP contribution in [0.1, 0.15) is 73.1 Å².